The SMILES string of the molecule is COc1ccc(C(=O)N2CCNC(C)(C)C2)c(OC)c1OC. The lowest BCUT2D eigenvalue weighted by atomic mass is 10.0. The van der Waals surface area contributed by atoms with E-state index in [0.717, 1.165) is 6.54 Å². The van der Waals surface area contributed by atoms with E-state index in [-0.39, 0.29) is 11.4 Å². The maximum absolute atomic E-state index is 12.9. The highest BCUT2D eigenvalue weighted by molar-refractivity contribution is 5.98. The first-order chi connectivity index (χ1) is 10.4. The number of nitrogens with one attached hydrogen (secondary N) is 1. The molecule has 122 valence electrons. The molecule has 0 spiro atoms. The maximum atomic E-state index is 12.9. The molecule has 1 aromatic carbocycles. The molecule has 22 heavy (non-hydrogen) atoms. The van der Waals surface area contributed by atoms with Gasteiger partial charge in [0.05, 0.1) is 26.9 Å². The van der Waals surface area contributed by atoms with Gasteiger partial charge in [-0.2, -0.15) is 0 Å². The maximum Gasteiger partial charge on any atom is 0.257 e. The lowest BCUT2D eigenvalue weighted by Gasteiger charge is -2.39. The largest absolute Gasteiger partial charge is 0.493 e. The predicted molar refractivity (Wildman–Crippen MR) is 84.1 cm³/mol. The monoisotopic (exact) mass is 308 g/mol. The van der Waals surface area contributed by atoms with Gasteiger partial charge in [0.25, 0.3) is 5.91 Å². The molecular formula is C16H24N2O4. The molecule has 0 bridgehead atoms. The topological polar surface area (TPSA) is 60.0 Å². The van der Waals surface area contributed by atoms with Gasteiger partial charge < -0.3 is 24.4 Å². The van der Waals surface area contributed by atoms with Gasteiger partial charge in [0.2, 0.25) is 5.75 Å². The summed E-state index contributed by atoms with van der Waals surface area (Å²) in [5.41, 5.74) is 0.385. The van der Waals surface area contributed by atoms with Crippen LogP contribution in [0.25, 0.3) is 0 Å². The number of rotatable bonds is 4. The Labute approximate surface area is 131 Å². The molecule has 1 amide bonds. The Morgan fingerprint density at radius 1 is 1.14 bits per heavy atom. The third-order valence-electron chi connectivity index (χ3n) is 3.79. The zero-order valence-corrected chi connectivity index (χ0v) is 13.9. The molecule has 0 saturated carbocycles. The van der Waals surface area contributed by atoms with Crippen LogP contribution in [0.4, 0.5) is 0 Å². The fourth-order valence-electron chi connectivity index (χ4n) is 2.75. The van der Waals surface area contributed by atoms with Crippen molar-refractivity contribution < 1.29 is 19.0 Å². The second-order valence-corrected chi connectivity index (χ2v) is 5.92. The first kappa shape index (κ1) is 16.4. The molecule has 6 nitrogen and oxygen atoms in total. The van der Waals surface area contributed by atoms with Crippen LogP contribution >= 0.6 is 0 Å². The molecule has 0 aromatic heterocycles. The summed E-state index contributed by atoms with van der Waals surface area (Å²) in [7, 11) is 4.61. The van der Waals surface area contributed by atoms with E-state index in [0.29, 0.717) is 35.9 Å². The first-order valence-electron chi connectivity index (χ1n) is 7.27. The van der Waals surface area contributed by atoms with Crippen LogP contribution in [-0.2, 0) is 0 Å². The molecule has 1 aliphatic heterocycles. The third kappa shape index (κ3) is 3.11. The van der Waals surface area contributed by atoms with Crippen molar-refractivity contribution in [3.63, 3.8) is 0 Å². The number of carbonyl (C=O) groups is 1. The van der Waals surface area contributed by atoms with Gasteiger partial charge in [0.1, 0.15) is 0 Å². The van der Waals surface area contributed by atoms with Crippen molar-refractivity contribution in [1.29, 1.82) is 0 Å². The molecule has 0 aliphatic carbocycles. The zero-order chi connectivity index (χ0) is 16.3. The van der Waals surface area contributed by atoms with Crippen LogP contribution in [0, 0.1) is 0 Å². The summed E-state index contributed by atoms with van der Waals surface area (Å²) in [4.78, 5) is 14.7. The quantitative estimate of drug-likeness (QED) is 0.914. The van der Waals surface area contributed by atoms with Gasteiger partial charge in [-0.1, -0.05) is 0 Å². The molecule has 1 fully saturated rings. The van der Waals surface area contributed by atoms with E-state index >= 15 is 0 Å². The summed E-state index contributed by atoms with van der Waals surface area (Å²) in [5, 5.41) is 3.39. The Morgan fingerprint density at radius 2 is 1.82 bits per heavy atom. The highest BCUT2D eigenvalue weighted by atomic mass is 16.5. The Balaban J connectivity index is 2.37. The van der Waals surface area contributed by atoms with E-state index in [1.807, 2.05) is 4.90 Å². The lowest BCUT2D eigenvalue weighted by molar-refractivity contribution is 0.0648. The molecule has 2 rings (SSSR count). The normalized spacial score (nSPS) is 17.0. The number of hydrogen-bond donors (Lipinski definition) is 1. The lowest BCUT2D eigenvalue weighted by Crippen LogP contribution is -2.58. The van der Waals surface area contributed by atoms with Crippen molar-refractivity contribution in [2.24, 2.45) is 0 Å². The Hall–Kier alpha value is -1.95. The number of nitrogens with zero attached hydrogens (tertiary/aromatic N) is 1. The van der Waals surface area contributed by atoms with Crippen LogP contribution in [0.1, 0.15) is 24.2 Å². The summed E-state index contributed by atoms with van der Waals surface area (Å²) in [5.74, 6) is 1.32. The fourth-order valence-corrected chi connectivity index (χ4v) is 2.75. The fraction of sp³-hybridized carbons (Fsp3) is 0.562. The van der Waals surface area contributed by atoms with Gasteiger partial charge in [-0.3, -0.25) is 4.79 Å². The number of hydrogen-bond acceptors (Lipinski definition) is 5. The van der Waals surface area contributed by atoms with Gasteiger partial charge in [-0.25, -0.2) is 0 Å². The van der Waals surface area contributed by atoms with E-state index in [1.54, 1.807) is 19.2 Å². The highest BCUT2D eigenvalue weighted by Gasteiger charge is 2.31. The zero-order valence-electron chi connectivity index (χ0n) is 13.9. The predicted octanol–water partition coefficient (Wildman–Crippen LogP) is 1.54. The molecule has 1 aliphatic rings. The molecule has 0 atom stereocenters. The molecule has 0 radical (unpaired) electrons. The van der Waals surface area contributed by atoms with E-state index in [1.165, 1.54) is 14.2 Å². The van der Waals surface area contributed by atoms with Gasteiger partial charge in [0.15, 0.2) is 11.5 Å². The molecular weight excluding hydrogens is 284 g/mol. The minimum atomic E-state index is -0.0995. The van der Waals surface area contributed by atoms with E-state index < -0.39 is 0 Å². The standard InChI is InChI=1S/C16H24N2O4/c1-16(2)10-18(9-8-17-16)15(19)11-6-7-12(20-3)14(22-5)13(11)21-4/h6-7,17H,8-10H2,1-5H3. The van der Waals surface area contributed by atoms with Crippen molar-refractivity contribution in [2.45, 2.75) is 19.4 Å². The van der Waals surface area contributed by atoms with Crippen LogP contribution in [0.5, 0.6) is 17.2 Å². The van der Waals surface area contributed by atoms with E-state index in [4.69, 9.17) is 14.2 Å². The highest BCUT2D eigenvalue weighted by Crippen LogP contribution is 2.40. The van der Waals surface area contributed by atoms with Gasteiger partial charge in [-0.05, 0) is 26.0 Å². The van der Waals surface area contributed by atoms with Gasteiger partial charge in [0, 0.05) is 25.2 Å². The molecule has 6 heteroatoms. The summed E-state index contributed by atoms with van der Waals surface area (Å²) in [6.45, 7) is 6.24. The van der Waals surface area contributed by atoms with Crippen LogP contribution in [-0.4, -0.2) is 57.3 Å². The van der Waals surface area contributed by atoms with Crippen molar-refractivity contribution in [2.75, 3.05) is 41.0 Å². The van der Waals surface area contributed by atoms with Crippen molar-refractivity contribution in [1.82, 2.24) is 10.2 Å². The average molecular weight is 308 g/mol. The number of ether oxygens (including phenoxy) is 3. The number of carbonyl (C=O) groups excluding carboxylic acids is 1. The molecule has 1 saturated heterocycles. The number of amides is 1. The van der Waals surface area contributed by atoms with Crippen LogP contribution in [0.15, 0.2) is 12.1 Å². The first-order valence-corrected chi connectivity index (χ1v) is 7.27. The summed E-state index contributed by atoms with van der Waals surface area (Å²) in [6, 6.07) is 3.44. The Kier molecular flexibility index (Phi) is 4.81. The minimum absolute atomic E-state index is 0.0626. The molecule has 1 heterocycles. The number of methoxy groups -OCH3 is 3. The van der Waals surface area contributed by atoms with E-state index in [9.17, 15) is 4.79 Å². The summed E-state index contributed by atoms with van der Waals surface area (Å²) in [6.07, 6.45) is 0. The molecule has 1 N–H and O–H groups in total. The van der Waals surface area contributed by atoms with Crippen molar-refractivity contribution >= 4 is 5.91 Å². The second kappa shape index (κ2) is 6.44. The van der Waals surface area contributed by atoms with Crippen molar-refractivity contribution in [3.05, 3.63) is 17.7 Å². The van der Waals surface area contributed by atoms with Gasteiger partial charge >= 0.3 is 0 Å². The molecule has 1 aromatic rings. The van der Waals surface area contributed by atoms with Crippen LogP contribution in [0.2, 0.25) is 0 Å². The molecule has 0 unspecified atom stereocenters. The summed E-state index contributed by atoms with van der Waals surface area (Å²) < 4.78 is 16.0. The van der Waals surface area contributed by atoms with E-state index in [2.05, 4.69) is 19.2 Å². The number of benzene rings is 1. The number of piperazine rings is 1. The third-order valence-corrected chi connectivity index (χ3v) is 3.79. The van der Waals surface area contributed by atoms with Crippen molar-refractivity contribution in [3.8, 4) is 17.2 Å². The second-order valence-electron chi connectivity index (χ2n) is 5.92. The summed E-state index contributed by atoms with van der Waals surface area (Å²) >= 11 is 0. The average Bonchev–Trinajstić information content (AvgIpc) is 2.51. The Bertz CT molecular complexity index is 557. The van der Waals surface area contributed by atoms with Crippen LogP contribution < -0.4 is 19.5 Å². The minimum Gasteiger partial charge on any atom is -0.493 e. The van der Waals surface area contributed by atoms with Gasteiger partial charge in [-0.15, -0.1) is 0 Å². The smallest absolute Gasteiger partial charge is 0.257 e. The van der Waals surface area contributed by atoms with Crippen LogP contribution in [0.3, 0.4) is 0 Å². The Morgan fingerprint density at radius 3 is 2.36 bits per heavy atom.